The molecule has 1 aliphatic carbocycles. The molecule has 0 radical (unpaired) electrons. The van der Waals surface area contributed by atoms with Crippen molar-refractivity contribution in [1.29, 1.82) is 0 Å². The molecule has 0 amide bonds. The van der Waals surface area contributed by atoms with E-state index in [9.17, 15) is 29.4 Å². The van der Waals surface area contributed by atoms with Crippen molar-refractivity contribution in [2.24, 2.45) is 0 Å². The molecular weight excluding hydrogens is 336 g/mol. The Morgan fingerprint density at radius 3 is 1.77 bits per heavy atom. The van der Waals surface area contributed by atoms with Crippen LogP contribution in [0.2, 0.25) is 0 Å². The summed E-state index contributed by atoms with van der Waals surface area (Å²) in [7, 11) is 0. The molecule has 26 heavy (non-hydrogen) atoms. The second kappa shape index (κ2) is 5.62. The normalized spacial score (nSPS) is 13.2. The summed E-state index contributed by atoms with van der Waals surface area (Å²) in [6.45, 7) is 5.73. The maximum absolute atomic E-state index is 13.1. The Hall–Kier alpha value is -3.28. The molecule has 0 saturated heterocycles. The van der Waals surface area contributed by atoms with Gasteiger partial charge in [-0.15, -0.1) is 0 Å². The lowest BCUT2D eigenvalue weighted by Gasteiger charge is -2.27. The van der Waals surface area contributed by atoms with E-state index in [4.69, 9.17) is 0 Å². The van der Waals surface area contributed by atoms with E-state index < -0.39 is 40.0 Å². The topological polar surface area (TPSA) is 109 Å². The number of fused-ring (bicyclic) bond motifs is 2. The largest absolute Gasteiger partial charge is 0.478 e. The quantitative estimate of drug-likeness (QED) is 0.733. The van der Waals surface area contributed by atoms with Crippen LogP contribution in [0.4, 0.5) is 0 Å². The third kappa shape index (κ3) is 2.50. The average Bonchev–Trinajstić information content (AvgIpc) is 2.56. The van der Waals surface area contributed by atoms with E-state index in [1.54, 1.807) is 12.1 Å². The van der Waals surface area contributed by atoms with Gasteiger partial charge in [-0.1, -0.05) is 39.0 Å². The van der Waals surface area contributed by atoms with Gasteiger partial charge in [0.1, 0.15) is 0 Å². The fourth-order valence-electron chi connectivity index (χ4n) is 3.22. The molecule has 0 aliphatic heterocycles. The molecule has 132 valence electrons. The number of rotatable bonds is 2. The van der Waals surface area contributed by atoms with E-state index in [2.05, 4.69) is 0 Å². The van der Waals surface area contributed by atoms with Crippen molar-refractivity contribution in [2.75, 3.05) is 0 Å². The van der Waals surface area contributed by atoms with Crippen molar-refractivity contribution in [3.8, 4) is 0 Å². The fourth-order valence-corrected chi connectivity index (χ4v) is 3.22. The highest BCUT2D eigenvalue weighted by Crippen LogP contribution is 2.36. The standard InChI is InChI=1S/C20H16O6/c1-20(2,3)14-6-4-5-9-15(14)17(22)11-8-13(19(25)26)12(18(23)24)7-10(11)16(9)21/h4-8H,1-3H3,(H,23,24)(H,25,26). The Morgan fingerprint density at radius 1 is 0.808 bits per heavy atom. The Balaban J connectivity index is 2.36. The zero-order chi connectivity index (χ0) is 19.4. The van der Waals surface area contributed by atoms with E-state index in [-0.39, 0.29) is 22.3 Å². The van der Waals surface area contributed by atoms with Crippen molar-refractivity contribution in [3.63, 3.8) is 0 Å². The van der Waals surface area contributed by atoms with Crippen LogP contribution in [0.25, 0.3) is 0 Å². The summed E-state index contributed by atoms with van der Waals surface area (Å²) in [6.07, 6.45) is 0. The number of carboxylic acid groups (broad SMARTS) is 2. The molecule has 0 saturated carbocycles. The lowest BCUT2D eigenvalue weighted by Crippen LogP contribution is -2.27. The third-order valence-electron chi connectivity index (χ3n) is 4.45. The number of benzene rings is 2. The van der Waals surface area contributed by atoms with Crippen LogP contribution >= 0.6 is 0 Å². The minimum atomic E-state index is -1.47. The Kier molecular flexibility index (Phi) is 3.79. The lowest BCUT2D eigenvalue weighted by atomic mass is 9.74. The maximum Gasteiger partial charge on any atom is 0.336 e. The molecule has 2 aromatic carbocycles. The van der Waals surface area contributed by atoms with Crippen LogP contribution in [-0.2, 0) is 5.41 Å². The first-order valence-corrected chi connectivity index (χ1v) is 7.91. The van der Waals surface area contributed by atoms with E-state index in [0.717, 1.165) is 12.1 Å². The predicted octanol–water partition coefficient (Wildman–Crippen LogP) is 3.16. The first kappa shape index (κ1) is 17.5. The molecule has 0 fully saturated rings. The highest BCUT2D eigenvalue weighted by atomic mass is 16.4. The predicted molar refractivity (Wildman–Crippen MR) is 92.4 cm³/mol. The van der Waals surface area contributed by atoms with Crippen LogP contribution in [0.3, 0.4) is 0 Å². The Bertz CT molecular complexity index is 1010. The summed E-state index contributed by atoms with van der Waals surface area (Å²) in [5.41, 5.74) is -0.487. The summed E-state index contributed by atoms with van der Waals surface area (Å²) >= 11 is 0. The highest BCUT2D eigenvalue weighted by molar-refractivity contribution is 6.30. The van der Waals surface area contributed by atoms with Crippen molar-refractivity contribution < 1.29 is 29.4 Å². The van der Waals surface area contributed by atoms with Crippen LogP contribution in [0.15, 0.2) is 30.3 Å². The molecule has 6 nitrogen and oxygen atoms in total. The maximum atomic E-state index is 13.1. The molecule has 2 N–H and O–H groups in total. The first-order valence-electron chi connectivity index (χ1n) is 7.91. The van der Waals surface area contributed by atoms with Crippen molar-refractivity contribution in [1.82, 2.24) is 0 Å². The van der Waals surface area contributed by atoms with Gasteiger partial charge in [0.15, 0.2) is 11.6 Å². The summed E-state index contributed by atoms with van der Waals surface area (Å²) in [6, 6.07) is 6.94. The van der Waals surface area contributed by atoms with Crippen molar-refractivity contribution >= 4 is 23.5 Å². The van der Waals surface area contributed by atoms with E-state index >= 15 is 0 Å². The first-order chi connectivity index (χ1) is 12.0. The number of carbonyl (C=O) groups is 4. The molecule has 6 heteroatoms. The van der Waals surface area contributed by atoms with E-state index in [0.29, 0.717) is 5.56 Å². The second-order valence-corrected chi connectivity index (χ2v) is 7.19. The molecule has 1 aliphatic rings. The van der Waals surface area contributed by atoms with Gasteiger partial charge in [0, 0.05) is 22.3 Å². The Labute approximate surface area is 149 Å². The molecule has 0 unspecified atom stereocenters. The number of hydrogen-bond donors (Lipinski definition) is 2. The molecular formula is C20H16O6. The molecule has 0 spiro atoms. The molecule has 2 aromatic rings. The number of aromatic carboxylic acids is 2. The summed E-state index contributed by atoms with van der Waals surface area (Å²) in [5.74, 6) is -3.90. The van der Waals surface area contributed by atoms with Gasteiger partial charge in [-0.25, -0.2) is 9.59 Å². The molecule has 0 heterocycles. The van der Waals surface area contributed by atoms with Gasteiger partial charge in [0.2, 0.25) is 0 Å². The number of carboxylic acids is 2. The summed E-state index contributed by atoms with van der Waals surface area (Å²) in [5, 5.41) is 18.5. The number of hydrogen-bond acceptors (Lipinski definition) is 4. The molecule has 0 aromatic heterocycles. The van der Waals surface area contributed by atoms with Crippen LogP contribution in [-0.4, -0.2) is 33.7 Å². The minimum absolute atomic E-state index is 0.0819. The van der Waals surface area contributed by atoms with Gasteiger partial charge in [-0.2, -0.15) is 0 Å². The van der Waals surface area contributed by atoms with Gasteiger partial charge < -0.3 is 10.2 Å². The van der Waals surface area contributed by atoms with Gasteiger partial charge >= 0.3 is 11.9 Å². The van der Waals surface area contributed by atoms with Crippen LogP contribution in [0, 0.1) is 0 Å². The highest BCUT2D eigenvalue weighted by Gasteiger charge is 2.36. The van der Waals surface area contributed by atoms with Crippen molar-refractivity contribution in [2.45, 2.75) is 26.2 Å². The second-order valence-electron chi connectivity index (χ2n) is 7.19. The van der Waals surface area contributed by atoms with Gasteiger partial charge in [0.25, 0.3) is 0 Å². The van der Waals surface area contributed by atoms with Gasteiger partial charge in [-0.3, -0.25) is 9.59 Å². The smallest absolute Gasteiger partial charge is 0.336 e. The van der Waals surface area contributed by atoms with E-state index in [1.807, 2.05) is 20.8 Å². The van der Waals surface area contributed by atoms with Gasteiger partial charge in [-0.05, 0) is 23.1 Å². The number of ketones is 2. The Morgan fingerprint density at radius 2 is 1.31 bits per heavy atom. The minimum Gasteiger partial charge on any atom is -0.478 e. The van der Waals surface area contributed by atoms with Gasteiger partial charge in [0.05, 0.1) is 11.1 Å². The van der Waals surface area contributed by atoms with Crippen LogP contribution in [0.1, 0.15) is 78.9 Å². The van der Waals surface area contributed by atoms with Crippen LogP contribution < -0.4 is 0 Å². The van der Waals surface area contributed by atoms with Crippen LogP contribution in [0.5, 0.6) is 0 Å². The summed E-state index contributed by atoms with van der Waals surface area (Å²) in [4.78, 5) is 48.8. The average molecular weight is 352 g/mol. The molecule has 0 bridgehead atoms. The zero-order valence-corrected chi connectivity index (χ0v) is 14.4. The summed E-state index contributed by atoms with van der Waals surface area (Å²) < 4.78 is 0. The molecule has 3 rings (SSSR count). The monoisotopic (exact) mass is 352 g/mol. The number of carbonyl (C=O) groups excluding carboxylic acids is 2. The third-order valence-corrected chi connectivity index (χ3v) is 4.45. The zero-order valence-electron chi connectivity index (χ0n) is 14.4. The fraction of sp³-hybridized carbons (Fsp3) is 0.200. The van der Waals surface area contributed by atoms with Crippen molar-refractivity contribution in [3.05, 3.63) is 69.3 Å². The SMILES string of the molecule is CC(C)(C)c1cccc2c1C(=O)c1cc(C(=O)O)c(C(=O)O)cc1C2=O. The molecule has 0 atom stereocenters. The lowest BCUT2D eigenvalue weighted by molar-refractivity contribution is 0.0651. The van der Waals surface area contributed by atoms with E-state index in [1.165, 1.54) is 6.07 Å².